The number of rotatable bonds is 4. The molecule has 0 spiro atoms. The van der Waals surface area contributed by atoms with Crippen molar-refractivity contribution in [3.8, 4) is 0 Å². The van der Waals surface area contributed by atoms with Gasteiger partial charge in [-0.05, 0) is 38.8 Å². The van der Waals surface area contributed by atoms with Crippen LogP contribution in [0.3, 0.4) is 0 Å². The van der Waals surface area contributed by atoms with Crippen LogP contribution in [-0.4, -0.2) is 29.3 Å². The summed E-state index contributed by atoms with van der Waals surface area (Å²) in [4.78, 5) is 28.1. The lowest BCUT2D eigenvalue weighted by Gasteiger charge is -2.13. The number of amides is 2. The molecule has 2 N–H and O–H groups in total. The van der Waals surface area contributed by atoms with Gasteiger partial charge in [-0.1, -0.05) is 6.07 Å². The lowest BCUT2D eigenvalue weighted by molar-refractivity contribution is 0.0993. The fourth-order valence-electron chi connectivity index (χ4n) is 2.88. The number of anilines is 1. The topological polar surface area (TPSA) is 106 Å². The van der Waals surface area contributed by atoms with Crippen LogP contribution >= 0.6 is 0 Å². The third-order valence-corrected chi connectivity index (χ3v) is 4.00. The Hall–Kier alpha value is -3.16. The Kier molecular flexibility index (Phi) is 5.31. The maximum atomic E-state index is 12.5. The Morgan fingerprint density at radius 2 is 2.19 bits per heavy atom. The molecule has 2 aromatic rings. The van der Waals surface area contributed by atoms with Crippen LogP contribution in [0, 0.1) is 6.92 Å². The molecular weight excluding hydrogens is 336 g/mol. The molecule has 136 valence electrons. The third-order valence-electron chi connectivity index (χ3n) is 4.00. The van der Waals surface area contributed by atoms with E-state index in [1.54, 1.807) is 38.2 Å². The number of furan rings is 1. The molecule has 8 nitrogen and oxygen atoms in total. The summed E-state index contributed by atoms with van der Waals surface area (Å²) in [5.74, 6) is 1.01. The van der Waals surface area contributed by atoms with E-state index in [9.17, 15) is 9.59 Å². The number of aryl methyl sites for hydroxylation is 1. The van der Waals surface area contributed by atoms with Gasteiger partial charge in [0.1, 0.15) is 11.6 Å². The fraction of sp³-hybridized carbons (Fsp3) is 0.333. The van der Waals surface area contributed by atoms with Crippen molar-refractivity contribution in [3.63, 3.8) is 0 Å². The number of nitrogens with one attached hydrogen (secondary N) is 2. The first kappa shape index (κ1) is 17.7. The molecule has 0 saturated carbocycles. The minimum atomic E-state index is -0.610. The summed E-state index contributed by atoms with van der Waals surface area (Å²) in [7, 11) is 0. The largest absolute Gasteiger partial charge is 0.455 e. The van der Waals surface area contributed by atoms with Crippen LogP contribution in [0.15, 0.2) is 33.9 Å². The van der Waals surface area contributed by atoms with E-state index in [0.717, 1.165) is 12.0 Å². The van der Waals surface area contributed by atoms with Crippen LogP contribution in [-0.2, 0) is 11.2 Å². The Balaban J connectivity index is 1.84. The number of carbonyl (C=O) groups is 2. The van der Waals surface area contributed by atoms with Crippen molar-refractivity contribution >= 4 is 23.5 Å². The smallest absolute Gasteiger partial charge is 0.427 e. The molecule has 2 heterocycles. The van der Waals surface area contributed by atoms with Crippen molar-refractivity contribution in [1.29, 1.82) is 0 Å². The van der Waals surface area contributed by atoms with Crippen LogP contribution in [0.4, 0.5) is 10.6 Å². The number of aromatic nitrogens is 1. The number of pyridine rings is 1. The van der Waals surface area contributed by atoms with Gasteiger partial charge in [0.2, 0.25) is 0 Å². The summed E-state index contributed by atoms with van der Waals surface area (Å²) < 4.78 is 10.6. The highest BCUT2D eigenvalue weighted by atomic mass is 16.5. The first-order valence-electron chi connectivity index (χ1n) is 8.44. The molecule has 0 fully saturated rings. The molecular formula is C18H20N4O4. The zero-order valence-electron chi connectivity index (χ0n) is 14.7. The van der Waals surface area contributed by atoms with Gasteiger partial charge in [0.05, 0.1) is 12.3 Å². The predicted octanol–water partition coefficient (Wildman–Crippen LogP) is 3.02. The van der Waals surface area contributed by atoms with Crippen molar-refractivity contribution in [2.24, 2.45) is 5.10 Å². The van der Waals surface area contributed by atoms with E-state index in [0.29, 0.717) is 35.7 Å². The van der Waals surface area contributed by atoms with Crippen molar-refractivity contribution in [1.82, 2.24) is 10.4 Å². The zero-order valence-corrected chi connectivity index (χ0v) is 14.7. The Morgan fingerprint density at radius 1 is 1.35 bits per heavy atom. The van der Waals surface area contributed by atoms with Crippen molar-refractivity contribution in [3.05, 3.63) is 47.0 Å². The molecule has 0 aliphatic heterocycles. The van der Waals surface area contributed by atoms with Gasteiger partial charge in [-0.2, -0.15) is 5.10 Å². The number of hydrogen-bond acceptors (Lipinski definition) is 6. The highest BCUT2D eigenvalue weighted by Gasteiger charge is 2.28. The SMILES string of the molecule is CCOC(=O)N/N=C1\CCCc2oc(C(=O)Nc3ccccn3)c(C)c21. The number of nitrogens with zero attached hydrogens (tertiary/aromatic N) is 2. The van der Waals surface area contributed by atoms with Crippen molar-refractivity contribution in [2.75, 3.05) is 11.9 Å². The normalized spacial score (nSPS) is 14.6. The summed E-state index contributed by atoms with van der Waals surface area (Å²) in [6.45, 7) is 3.80. The number of carbonyl (C=O) groups excluding carboxylic acids is 2. The van der Waals surface area contributed by atoms with Crippen molar-refractivity contribution < 1.29 is 18.7 Å². The molecule has 0 saturated heterocycles. The minimum Gasteiger partial charge on any atom is -0.455 e. The summed E-state index contributed by atoms with van der Waals surface area (Å²) in [6, 6.07) is 5.26. The Labute approximate surface area is 150 Å². The molecule has 1 aliphatic carbocycles. The maximum absolute atomic E-state index is 12.5. The van der Waals surface area contributed by atoms with E-state index in [-0.39, 0.29) is 18.3 Å². The molecule has 0 unspecified atom stereocenters. The van der Waals surface area contributed by atoms with Gasteiger partial charge in [-0.15, -0.1) is 0 Å². The highest BCUT2D eigenvalue weighted by molar-refractivity contribution is 6.09. The van der Waals surface area contributed by atoms with Crippen LogP contribution in [0.1, 0.15) is 47.2 Å². The second-order valence-electron chi connectivity index (χ2n) is 5.77. The first-order chi connectivity index (χ1) is 12.6. The fourth-order valence-corrected chi connectivity index (χ4v) is 2.88. The first-order valence-corrected chi connectivity index (χ1v) is 8.44. The Bertz CT molecular complexity index is 842. The molecule has 0 aromatic carbocycles. The second kappa shape index (κ2) is 7.81. The van der Waals surface area contributed by atoms with Gasteiger partial charge in [0.15, 0.2) is 5.76 Å². The van der Waals surface area contributed by atoms with E-state index in [4.69, 9.17) is 9.15 Å². The molecule has 2 amide bonds. The highest BCUT2D eigenvalue weighted by Crippen LogP contribution is 2.30. The Morgan fingerprint density at radius 3 is 2.92 bits per heavy atom. The molecule has 2 aromatic heterocycles. The standard InChI is InChI=1S/C18H20N4O4/c1-3-25-18(24)22-21-12-7-6-8-13-15(12)11(2)16(26-13)17(23)20-14-9-4-5-10-19-14/h4-5,9-10H,3,6-8H2,1-2H3,(H,22,24)(H,19,20,23)/b21-12+. The lowest BCUT2D eigenvalue weighted by atomic mass is 9.93. The summed E-state index contributed by atoms with van der Waals surface area (Å²) in [6.07, 6.45) is 3.21. The number of fused-ring (bicyclic) bond motifs is 1. The lowest BCUT2D eigenvalue weighted by Crippen LogP contribution is -2.22. The molecule has 0 radical (unpaired) electrons. The molecule has 0 atom stereocenters. The number of hydrogen-bond donors (Lipinski definition) is 2. The van der Waals surface area contributed by atoms with Crippen LogP contribution in [0.25, 0.3) is 0 Å². The average molecular weight is 356 g/mol. The van der Waals surface area contributed by atoms with Crippen LogP contribution < -0.4 is 10.7 Å². The maximum Gasteiger partial charge on any atom is 0.427 e. The van der Waals surface area contributed by atoms with Crippen LogP contribution in [0.5, 0.6) is 0 Å². The molecule has 3 rings (SSSR count). The predicted molar refractivity (Wildman–Crippen MR) is 95.3 cm³/mol. The van der Waals surface area contributed by atoms with Gasteiger partial charge in [0, 0.05) is 23.7 Å². The monoisotopic (exact) mass is 356 g/mol. The van der Waals surface area contributed by atoms with E-state index >= 15 is 0 Å². The molecule has 0 bridgehead atoms. The summed E-state index contributed by atoms with van der Waals surface area (Å²) in [5, 5.41) is 6.87. The van der Waals surface area contributed by atoms with Crippen LogP contribution in [0.2, 0.25) is 0 Å². The number of hydrazone groups is 1. The summed E-state index contributed by atoms with van der Waals surface area (Å²) in [5.41, 5.74) is 4.52. The second-order valence-corrected chi connectivity index (χ2v) is 5.77. The van der Waals surface area contributed by atoms with E-state index < -0.39 is 6.09 Å². The summed E-state index contributed by atoms with van der Waals surface area (Å²) >= 11 is 0. The van der Waals surface area contributed by atoms with Gasteiger partial charge >= 0.3 is 6.09 Å². The number of ether oxygens (including phenoxy) is 1. The van der Waals surface area contributed by atoms with E-state index in [2.05, 4.69) is 20.8 Å². The molecule has 8 heteroatoms. The average Bonchev–Trinajstić information content (AvgIpc) is 2.99. The minimum absolute atomic E-state index is 0.228. The van der Waals surface area contributed by atoms with E-state index in [1.807, 2.05) is 0 Å². The molecule has 26 heavy (non-hydrogen) atoms. The van der Waals surface area contributed by atoms with Gasteiger partial charge in [0.25, 0.3) is 5.91 Å². The van der Waals surface area contributed by atoms with Gasteiger partial charge < -0.3 is 14.5 Å². The van der Waals surface area contributed by atoms with Gasteiger partial charge in [-0.3, -0.25) is 4.79 Å². The van der Waals surface area contributed by atoms with Crippen molar-refractivity contribution in [2.45, 2.75) is 33.1 Å². The van der Waals surface area contributed by atoms with Gasteiger partial charge in [-0.25, -0.2) is 15.2 Å². The quantitative estimate of drug-likeness (QED) is 0.819. The van der Waals surface area contributed by atoms with E-state index in [1.165, 1.54) is 0 Å². The molecule has 1 aliphatic rings. The third kappa shape index (κ3) is 3.74. The zero-order chi connectivity index (χ0) is 18.5.